The Morgan fingerprint density at radius 1 is 1.41 bits per heavy atom. The zero-order chi connectivity index (χ0) is 12.4. The van der Waals surface area contributed by atoms with Crippen LogP contribution in [0, 0.1) is 12.7 Å². The first-order chi connectivity index (χ1) is 8.06. The van der Waals surface area contributed by atoms with E-state index in [0.717, 1.165) is 11.1 Å². The predicted molar refractivity (Wildman–Crippen MR) is 62.3 cm³/mol. The molecule has 0 bridgehead atoms. The van der Waals surface area contributed by atoms with Crippen molar-refractivity contribution in [1.29, 1.82) is 0 Å². The minimum Gasteiger partial charge on any atom is -0.423 e. The van der Waals surface area contributed by atoms with Crippen molar-refractivity contribution >= 4 is 12.6 Å². The first kappa shape index (κ1) is 11.8. The fourth-order valence-corrected chi connectivity index (χ4v) is 1.58. The standard InChI is InChI=1S/C11H12BFN2O2/c1-8-2-3-11(13)4-9(8)6-15-7-10(5-14-15)12(16)17/h2-5,7,16-17H,6H2,1H3. The van der Waals surface area contributed by atoms with E-state index < -0.39 is 7.12 Å². The predicted octanol–water partition coefficient (Wildman–Crippen LogP) is 0.0587. The Labute approximate surface area is 98.5 Å². The smallest absolute Gasteiger partial charge is 0.423 e. The van der Waals surface area contributed by atoms with Crippen LogP contribution in [0.3, 0.4) is 0 Å². The van der Waals surface area contributed by atoms with Crippen LogP contribution in [0.15, 0.2) is 30.6 Å². The number of aryl methyl sites for hydroxylation is 1. The van der Waals surface area contributed by atoms with Gasteiger partial charge in [-0.2, -0.15) is 5.10 Å². The van der Waals surface area contributed by atoms with Gasteiger partial charge in [-0.25, -0.2) is 4.39 Å². The first-order valence-corrected chi connectivity index (χ1v) is 5.20. The van der Waals surface area contributed by atoms with Crippen LogP contribution >= 0.6 is 0 Å². The SMILES string of the molecule is Cc1ccc(F)cc1Cn1cc(B(O)O)cn1. The molecule has 2 N–H and O–H groups in total. The summed E-state index contributed by atoms with van der Waals surface area (Å²) in [6.45, 7) is 2.29. The molecule has 0 atom stereocenters. The highest BCUT2D eigenvalue weighted by atomic mass is 19.1. The van der Waals surface area contributed by atoms with Crippen molar-refractivity contribution in [2.75, 3.05) is 0 Å². The number of halogens is 1. The molecule has 4 nitrogen and oxygen atoms in total. The Balaban J connectivity index is 2.22. The number of nitrogens with zero attached hydrogens (tertiary/aromatic N) is 2. The summed E-state index contributed by atoms with van der Waals surface area (Å²) in [5.41, 5.74) is 2.10. The van der Waals surface area contributed by atoms with Crippen molar-refractivity contribution in [2.45, 2.75) is 13.5 Å². The van der Waals surface area contributed by atoms with Crippen LogP contribution in [0.2, 0.25) is 0 Å². The molecule has 0 aliphatic rings. The molecule has 2 aromatic rings. The third kappa shape index (κ3) is 2.72. The second kappa shape index (κ2) is 4.69. The molecule has 0 spiro atoms. The highest BCUT2D eigenvalue weighted by Crippen LogP contribution is 2.11. The first-order valence-electron chi connectivity index (χ1n) is 5.20. The highest BCUT2D eigenvalue weighted by Gasteiger charge is 2.13. The van der Waals surface area contributed by atoms with Gasteiger partial charge < -0.3 is 10.0 Å². The second-order valence-corrected chi connectivity index (χ2v) is 3.92. The number of rotatable bonds is 3. The zero-order valence-electron chi connectivity index (χ0n) is 9.34. The van der Waals surface area contributed by atoms with Gasteiger partial charge in [0.1, 0.15) is 5.82 Å². The quantitative estimate of drug-likeness (QED) is 0.738. The number of hydrogen-bond donors (Lipinski definition) is 2. The van der Waals surface area contributed by atoms with Crippen molar-refractivity contribution in [2.24, 2.45) is 0 Å². The molecular formula is C11H12BFN2O2. The van der Waals surface area contributed by atoms with Gasteiger partial charge >= 0.3 is 7.12 Å². The summed E-state index contributed by atoms with van der Waals surface area (Å²) in [6.07, 6.45) is 2.90. The van der Waals surface area contributed by atoms with Crippen LogP contribution in [0.1, 0.15) is 11.1 Å². The van der Waals surface area contributed by atoms with E-state index in [4.69, 9.17) is 10.0 Å². The molecule has 17 heavy (non-hydrogen) atoms. The van der Waals surface area contributed by atoms with Gasteiger partial charge in [0, 0.05) is 17.9 Å². The minimum absolute atomic E-state index is 0.292. The van der Waals surface area contributed by atoms with Crippen LogP contribution in [0.4, 0.5) is 4.39 Å². The molecule has 0 amide bonds. The van der Waals surface area contributed by atoms with Crippen LogP contribution < -0.4 is 5.46 Å². The Bertz CT molecular complexity index is 528. The van der Waals surface area contributed by atoms with E-state index in [9.17, 15) is 4.39 Å². The van der Waals surface area contributed by atoms with Crippen molar-refractivity contribution in [1.82, 2.24) is 9.78 Å². The molecule has 0 aliphatic heterocycles. The van der Waals surface area contributed by atoms with Gasteiger partial charge in [0.2, 0.25) is 0 Å². The minimum atomic E-state index is -1.53. The van der Waals surface area contributed by atoms with Gasteiger partial charge in [0.05, 0.1) is 6.54 Å². The van der Waals surface area contributed by atoms with E-state index in [-0.39, 0.29) is 5.82 Å². The van der Waals surface area contributed by atoms with Crippen LogP contribution in [-0.2, 0) is 6.54 Å². The highest BCUT2D eigenvalue weighted by molar-refractivity contribution is 6.58. The molecule has 1 aromatic carbocycles. The second-order valence-electron chi connectivity index (χ2n) is 3.92. The van der Waals surface area contributed by atoms with E-state index in [0.29, 0.717) is 12.0 Å². The third-order valence-corrected chi connectivity index (χ3v) is 2.59. The molecule has 0 aliphatic carbocycles. The molecule has 6 heteroatoms. The Morgan fingerprint density at radius 2 is 2.18 bits per heavy atom. The summed E-state index contributed by atoms with van der Waals surface area (Å²) in [5, 5.41) is 21.9. The summed E-state index contributed by atoms with van der Waals surface area (Å²) < 4.78 is 14.6. The topological polar surface area (TPSA) is 58.3 Å². The number of hydrogen-bond acceptors (Lipinski definition) is 3. The Morgan fingerprint density at radius 3 is 2.82 bits per heavy atom. The molecule has 1 heterocycles. The van der Waals surface area contributed by atoms with E-state index in [1.165, 1.54) is 29.2 Å². The molecular weight excluding hydrogens is 222 g/mol. The molecule has 2 rings (SSSR count). The fourth-order valence-electron chi connectivity index (χ4n) is 1.58. The van der Waals surface area contributed by atoms with Crippen molar-refractivity contribution in [3.8, 4) is 0 Å². The lowest BCUT2D eigenvalue weighted by molar-refractivity contribution is 0.425. The van der Waals surface area contributed by atoms with E-state index >= 15 is 0 Å². The van der Waals surface area contributed by atoms with Gasteiger partial charge in [-0.1, -0.05) is 6.07 Å². The average Bonchev–Trinajstić information content (AvgIpc) is 2.72. The fraction of sp³-hybridized carbons (Fsp3) is 0.182. The van der Waals surface area contributed by atoms with Crippen LogP contribution in [0.25, 0.3) is 0 Å². The molecule has 88 valence electrons. The van der Waals surface area contributed by atoms with E-state index in [1.807, 2.05) is 6.92 Å². The molecule has 0 fully saturated rings. The lowest BCUT2D eigenvalue weighted by atomic mass is 9.83. The van der Waals surface area contributed by atoms with E-state index in [2.05, 4.69) is 5.10 Å². The lowest BCUT2D eigenvalue weighted by Crippen LogP contribution is -2.28. The summed E-state index contributed by atoms with van der Waals surface area (Å²) in [4.78, 5) is 0. The largest absolute Gasteiger partial charge is 0.491 e. The molecule has 0 saturated heterocycles. The van der Waals surface area contributed by atoms with Gasteiger partial charge in [-0.15, -0.1) is 0 Å². The molecule has 1 aromatic heterocycles. The van der Waals surface area contributed by atoms with Gasteiger partial charge in [-0.05, 0) is 30.2 Å². The molecule has 0 saturated carbocycles. The van der Waals surface area contributed by atoms with Gasteiger partial charge in [0.25, 0.3) is 0 Å². The van der Waals surface area contributed by atoms with Crippen LogP contribution in [0.5, 0.6) is 0 Å². The Hall–Kier alpha value is -1.66. The summed E-state index contributed by atoms with van der Waals surface area (Å²) in [6, 6.07) is 4.56. The summed E-state index contributed by atoms with van der Waals surface area (Å²) >= 11 is 0. The number of aromatic nitrogens is 2. The maximum atomic E-state index is 13.1. The normalized spacial score (nSPS) is 10.6. The van der Waals surface area contributed by atoms with Crippen molar-refractivity contribution in [3.63, 3.8) is 0 Å². The third-order valence-electron chi connectivity index (χ3n) is 2.59. The van der Waals surface area contributed by atoms with Crippen LogP contribution in [-0.4, -0.2) is 26.9 Å². The lowest BCUT2D eigenvalue weighted by Gasteiger charge is -2.06. The van der Waals surface area contributed by atoms with Crippen molar-refractivity contribution < 1.29 is 14.4 Å². The zero-order valence-corrected chi connectivity index (χ0v) is 9.34. The maximum absolute atomic E-state index is 13.1. The number of benzene rings is 1. The average molecular weight is 234 g/mol. The summed E-state index contributed by atoms with van der Waals surface area (Å²) in [5.74, 6) is -0.292. The summed E-state index contributed by atoms with van der Waals surface area (Å²) in [7, 11) is -1.53. The van der Waals surface area contributed by atoms with Gasteiger partial charge in [0.15, 0.2) is 0 Å². The Kier molecular flexibility index (Phi) is 3.26. The van der Waals surface area contributed by atoms with E-state index in [1.54, 1.807) is 6.07 Å². The monoisotopic (exact) mass is 234 g/mol. The van der Waals surface area contributed by atoms with Crippen molar-refractivity contribution in [3.05, 3.63) is 47.5 Å². The maximum Gasteiger partial charge on any atom is 0.491 e. The van der Waals surface area contributed by atoms with Gasteiger partial charge in [-0.3, -0.25) is 4.68 Å². The molecule has 0 radical (unpaired) electrons. The molecule has 0 unspecified atom stereocenters.